The monoisotopic (exact) mass is 189 g/mol. The Morgan fingerprint density at radius 1 is 1.46 bits per heavy atom. The first-order valence-electron chi connectivity index (χ1n) is 3.53. The van der Waals surface area contributed by atoms with Gasteiger partial charge in [0, 0.05) is 6.20 Å². The van der Waals surface area contributed by atoms with Crippen LogP contribution in [-0.2, 0) is 6.18 Å². The van der Waals surface area contributed by atoms with E-state index >= 15 is 0 Å². The molecule has 0 N–H and O–H groups in total. The lowest BCUT2D eigenvalue weighted by Crippen LogP contribution is -2.15. The summed E-state index contributed by atoms with van der Waals surface area (Å²) in [6.45, 7) is 0. The number of pyridine rings is 1. The fourth-order valence-corrected chi connectivity index (χ4v) is 0.931. The molecular weight excluding hydrogens is 182 g/mol. The van der Waals surface area contributed by atoms with Crippen molar-refractivity contribution in [2.24, 2.45) is 0 Å². The Kier molecular flexibility index (Phi) is 2.49. The second kappa shape index (κ2) is 3.28. The molecule has 0 unspecified atom stereocenters. The predicted molar refractivity (Wildman–Crippen MR) is 44.0 cm³/mol. The minimum absolute atomic E-state index is 0.216. The van der Waals surface area contributed by atoms with Gasteiger partial charge in [-0.2, -0.15) is 13.2 Å². The molecule has 0 aliphatic rings. The molecule has 0 atom stereocenters. The minimum atomic E-state index is -4.34. The highest BCUT2D eigenvalue weighted by Gasteiger charge is 2.31. The van der Waals surface area contributed by atoms with Crippen molar-refractivity contribution in [1.29, 1.82) is 0 Å². The fraction of sp³-hybridized carbons (Fsp3) is 0.286. The van der Waals surface area contributed by atoms with Gasteiger partial charge in [-0.05, 0) is 11.5 Å². The predicted octanol–water partition coefficient (Wildman–Crippen LogP) is 0.367. The highest BCUT2D eigenvalue weighted by molar-refractivity contribution is 6.34. The van der Waals surface area contributed by atoms with Gasteiger partial charge in [-0.3, -0.25) is 0 Å². The molecular formula is C7H7BF3NO. The van der Waals surface area contributed by atoms with Gasteiger partial charge in [0.2, 0.25) is 5.88 Å². The smallest absolute Gasteiger partial charge is 0.417 e. The zero-order valence-electron chi connectivity index (χ0n) is 7.14. The van der Waals surface area contributed by atoms with Crippen molar-refractivity contribution < 1.29 is 17.9 Å². The van der Waals surface area contributed by atoms with Crippen LogP contribution < -0.4 is 10.2 Å². The first-order chi connectivity index (χ1) is 5.95. The molecule has 6 heteroatoms. The molecule has 0 spiro atoms. The van der Waals surface area contributed by atoms with Gasteiger partial charge in [-0.15, -0.1) is 0 Å². The van der Waals surface area contributed by atoms with Crippen LogP contribution in [0.2, 0.25) is 0 Å². The van der Waals surface area contributed by atoms with Gasteiger partial charge in [0.1, 0.15) is 7.85 Å². The third kappa shape index (κ3) is 2.14. The lowest BCUT2D eigenvalue weighted by molar-refractivity contribution is -0.137. The molecule has 13 heavy (non-hydrogen) atoms. The minimum Gasteiger partial charge on any atom is -0.481 e. The molecule has 1 aromatic heterocycles. The van der Waals surface area contributed by atoms with E-state index in [-0.39, 0.29) is 5.88 Å². The van der Waals surface area contributed by atoms with Crippen LogP contribution >= 0.6 is 0 Å². The Morgan fingerprint density at radius 3 is 2.46 bits per heavy atom. The van der Waals surface area contributed by atoms with Crippen molar-refractivity contribution in [3.05, 3.63) is 17.8 Å². The third-order valence-electron chi connectivity index (χ3n) is 1.55. The molecule has 0 fully saturated rings. The van der Waals surface area contributed by atoms with Gasteiger partial charge in [-0.25, -0.2) is 4.98 Å². The molecule has 0 saturated carbocycles. The number of ether oxygens (including phenoxy) is 1. The maximum absolute atomic E-state index is 12.1. The standard InChI is InChI=1S/C7H7BF3NO/c1-13-6-5(8)2-4(3-12-6)7(9,10)11/h2-3H,8H2,1H3. The SMILES string of the molecule is Bc1cc(C(F)(F)F)cnc1OC. The second-order valence-electron chi connectivity index (χ2n) is 2.55. The van der Waals surface area contributed by atoms with Gasteiger partial charge >= 0.3 is 6.18 Å². The van der Waals surface area contributed by atoms with Crippen molar-refractivity contribution in [2.45, 2.75) is 6.18 Å². The molecule has 1 rings (SSSR count). The van der Waals surface area contributed by atoms with Crippen LogP contribution in [0.4, 0.5) is 13.2 Å². The van der Waals surface area contributed by atoms with E-state index in [0.29, 0.717) is 5.46 Å². The van der Waals surface area contributed by atoms with Crippen LogP contribution in [0.3, 0.4) is 0 Å². The topological polar surface area (TPSA) is 22.1 Å². The first kappa shape index (κ1) is 9.89. The van der Waals surface area contributed by atoms with Crippen molar-refractivity contribution in [1.82, 2.24) is 4.98 Å². The van der Waals surface area contributed by atoms with Crippen LogP contribution in [0, 0.1) is 0 Å². The van der Waals surface area contributed by atoms with Gasteiger partial charge in [0.25, 0.3) is 0 Å². The summed E-state index contributed by atoms with van der Waals surface area (Å²) in [5, 5.41) is 0. The summed E-state index contributed by atoms with van der Waals surface area (Å²) < 4.78 is 41.1. The van der Waals surface area contributed by atoms with E-state index in [1.54, 1.807) is 0 Å². The summed E-state index contributed by atoms with van der Waals surface area (Å²) in [6, 6.07) is 1.01. The van der Waals surface area contributed by atoms with E-state index in [9.17, 15) is 13.2 Å². The number of aromatic nitrogens is 1. The Bertz CT molecular complexity index is 313. The average Bonchev–Trinajstić information content (AvgIpc) is 2.02. The maximum atomic E-state index is 12.1. The van der Waals surface area contributed by atoms with Gasteiger partial charge < -0.3 is 4.74 Å². The van der Waals surface area contributed by atoms with E-state index in [1.165, 1.54) is 15.0 Å². The molecule has 70 valence electrons. The van der Waals surface area contributed by atoms with Gasteiger partial charge in [-0.1, -0.05) is 0 Å². The first-order valence-corrected chi connectivity index (χ1v) is 3.53. The summed E-state index contributed by atoms with van der Waals surface area (Å²) in [5.41, 5.74) is -0.386. The third-order valence-corrected chi connectivity index (χ3v) is 1.55. The zero-order chi connectivity index (χ0) is 10.1. The highest BCUT2D eigenvalue weighted by atomic mass is 19.4. The summed E-state index contributed by atoms with van der Waals surface area (Å²) in [5.74, 6) is 0.216. The van der Waals surface area contributed by atoms with E-state index in [0.717, 1.165) is 12.3 Å². The van der Waals surface area contributed by atoms with Crippen molar-refractivity contribution in [2.75, 3.05) is 7.11 Å². The van der Waals surface area contributed by atoms with E-state index in [4.69, 9.17) is 4.74 Å². The van der Waals surface area contributed by atoms with Gasteiger partial charge in [0.15, 0.2) is 0 Å². The fourth-order valence-electron chi connectivity index (χ4n) is 0.931. The number of hydrogen-bond acceptors (Lipinski definition) is 2. The number of rotatable bonds is 1. The molecule has 0 aromatic carbocycles. The van der Waals surface area contributed by atoms with E-state index < -0.39 is 11.7 Å². The number of hydrogen-bond donors (Lipinski definition) is 0. The molecule has 0 saturated heterocycles. The zero-order valence-corrected chi connectivity index (χ0v) is 7.14. The summed E-state index contributed by atoms with van der Waals surface area (Å²) in [7, 11) is 2.88. The Morgan fingerprint density at radius 2 is 2.08 bits per heavy atom. The van der Waals surface area contributed by atoms with Crippen LogP contribution in [0.25, 0.3) is 0 Å². The van der Waals surface area contributed by atoms with Crippen molar-refractivity contribution in [3.63, 3.8) is 0 Å². The summed E-state index contributed by atoms with van der Waals surface area (Å²) in [4.78, 5) is 3.52. The molecule has 2 nitrogen and oxygen atoms in total. The average molecular weight is 189 g/mol. The van der Waals surface area contributed by atoms with Crippen molar-refractivity contribution >= 4 is 13.3 Å². The Labute approximate surface area is 74.1 Å². The molecule has 1 heterocycles. The van der Waals surface area contributed by atoms with Crippen LogP contribution in [0.1, 0.15) is 5.56 Å². The quantitative estimate of drug-likeness (QED) is 0.595. The number of methoxy groups -OCH3 is 1. The highest BCUT2D eigenvalue weighted by Crippen LogP contribution is 2.28. The van der Waals surface area contributed by atoms with E-state index in [2.05, 4.69) is 4.98 Å². The Balaban J connectivity index is 3.10. The largest absolute Gasteiger partial charge is 0.481 e. The number of nitrogens with zero attached hydrogens (tertiary/aromatic N) is 1. The Hall–Kier alpha value is -1.20. The summed E-state index contributed by atoms with van der Waals surface area (Å²) in [6.07, 6.45) is -3.59. The molecule has 0 aliphatic heterocycles. The van der Waals surface area contributed by atoms with Crippen LogP contribution in [0.15, 0.2) is 12.3 Å². The number of halogens is 3. The maximum Gasteiger partial charge on any atom is 0.417 e. The molecule has 0 radical (unpaired) electrons. The lowest BCUT2D eigenvalue weighted by atomic mass is 9.96. The lowest BCUT2D eigenvalue weighted by Gasteiger charge is -2.08. The molecule has 0 aliphatic carbocycles. The molecule has 1 aromatic rings. The van der Waals surface area contributed by atoms with Crippen LogP contribution in [0.5, 0.6) is 5.88 Å². The molecule has 0 bridgehead atoms. The van der Waals surface area contributed by atoms with Gasteiger partial charge in [0.05, 0.1) is 12.7 Å². The van der Waals surface area contributed by atoms with Crippen molar-refractivity contribution in [3.8, 4) is 5.88 Å². The normalized spacial score (nSPS) is 11.4. The van der Waals surface area contributed by atoms with Crippen LogP contribution in [-0.4, -0.2) is 19.9 Å². The molecule has 0 amide bonds. The summed E-state index contributed by atoms with van der Waals surface area (Å²) >= 11 is 0. The van der Waals surface area contributed by atoms with E-state index in [1.807, 2.05) is 0 Å². The second-order valence-corrected chi connectivity index (χ2v) is 2.55. The number of alkyl halides is 3.